The van der Waals surface area contributed by atoms with Crippen LogP contribution in [-0.2, 0) is 0 Å². The van der Waals surface area contributed by atoms with Gasteiger partial charge in [0, 0.05) is 18.5 Å². The summed E-state index contributed by atoms with van der Waals surface area (Å²) in [7, 11) is 1.58. The van der Waals surface area contributed by atoms with Crippen molar-refractivity contribution in [3.8, 4) is 11.4 Å². The highest BCUT2D eigenvalue weighted by molar-refractivity contribution is 6.04. The number of hydrogen-bond acceptors (Lipinski definition) is 5. The predicted octanol–water partition coefficient (Wildman–Crippen LogP) is 2.22. The van der Waals surface area contributed by atoms with Crippen LogP contribution in [-0.4, -0.2) is 53.9 Å². The molecule has 1 fully saturated rings. The van der Waals surface area contributed by atoms with E-state index in [9.17, 15) is 9.59 Å². The number of likely N-dealkylation sites (tertiary alicyclic amines) is 1. The maximum atomic E-state index is 13.0. The third kappa shape index (κ3) is 4.00. The van der Waals surface area contributed by atoms with Crippen molar-refractivity contribution in [2.45, 2.75) is 12.8 Å². The topological polar surface area (TPSA) is 76.5 Å². The van der Waals surface area contributed by atoms with E-state index in [1.165, 1.54) is 17.5 Å². The Morgan fingerprint density at radius 2 is 1.76 bits per heavy atom. The fraction of sp³-hybridized carbons (Fsp3) is 0.318. The number of methoxy groups -OCH3 is 1. The highest BCUT2D eigenvalue weighted by Crippen LogP contribution is 2.17. The van der Waals surface area contributed by atoms with Crippen LogP contribution in [0.3, 0.4) is 0 Å². The summed E-state index contributed by atoms with van der Waals surface area (Å²) in [4.78, 5) is 28.2. The van der Waals surface area contributed by atoms with Crippen LogP contribution in [0.25, 0.3) is 16.5 Å². The summed E-state index contributed by atoms with van der Waals surface area (Å²) in [5.41, 5.74) is 0.560. The van der Waals surface area contributed by atoms with Crippen LogP contribution in [0.2, 0.25) is 0 Å². The molecule has 1 N–H and O–H groups in total. The summed E-state index contributed by atoms with van der Waals surface area (Å²) in [5.74, 6) is 0.408. The largest absolute Gasteiger partial charge is 0.497 e. The lowest BCUT2D eigenvalue weighted by molar-refractivity contribution is 0.0945. The van der Waals surface area contributed by atoms with Crippen LogP contribution >= 0.6 is 0 Å². The Morgan fingerprint density at radius 3 is 2.45 bits per heavy atom. The summed E-state index contributed by atoms with van der Waals surface area (Å²) < 4.78 is 6.45. The van der Waals surface area contributed by atoms with Gasteiger partial charge in [0.25, 0.3) is 11.5 Å². The summed E-state index contributed by atoms with van der Waals surface area (Å²) in [6, 6.07) is 14.1. The molecule has 1 aromatic heterocycles. The zero-order valence-electron chi connectivity index (χ0n) is 16.4. The van der Waals surface area contributed by atoms with Gasteiger partial charge in [0.15, 0.2) is 5.69 Å². The summed E-state index contributed by atoms with van der Waals surface area (Å²) in [6.07, 6.45) is 2.43. The molecule has 0 saturated carbocycles. The van der Waals surface area contributed by atoms with Gasteiger partial charge >= 0.3 is 0 Å². The molecule has 29 heavy (non-hydrogen) atoms. The summed E-state index contributed by atoms with van der Waals surface area (Å²) in [6.45, 7) is 3.54. The van der Waals surface area contributed by atoms with Crippen LogP contribution in [0.5, 0.6) is 5.75 Å². The van der Waals surface area contributed by atoms with E-state index in [1.807, 2.05) is 6.07 Å². The van der Waals surface area contributed by atoms with Crippen molar-refractivity contribution >= 4 is 16.7 Å². The lowest BCUT2D eigenvalue weighted by Crippen LogP contribution is -2.35. The van der Waals surface area contributed by atoms with Crippen LogP contribution in [0, 0.1) is 0 Å². The molecule has 0 atom stereocenters. The zero-order valence-corrected chi connectivity index (χ0v) is 16.4. The first-order valence-electron chi connectivity index (χ1n) is 9.84. The van der Waals surface area contributed by atoms with E-state index >= 15 is 0 Å². The standard InChI is InChI=1S/C22H24N4O3/c1-29-17-10-8-16(9-11-17)26-22(28)19-7-3-2-6-18(19)20(24-26)21(27)23-12-15-25-13-4-5-14-25/h2-3,6-11H,4-5,12-15H2,1H3,(H,23,27). The molecule has 7 heteroatoms. The first-order chi connectivity index (χ1) is 14.2. The van der Waals surface area contributed by atoms with Gasteiger partial charge in [-0.3, -0.25) is 9.59 Å². The Hall–Kier alpha value is -3.19. The molecular weight excluding hydrogens is 368 g/mol. The minimum absolute atomic E-state index is 0.248. The molecule has 3 aromatic rings. The lowest BCUT2D eigenvalue weighted by Gasteiger charge is -2.15. The number of nitrogens with one attached hydrogen (secondary N) is 1. The third-order valence-electron chi connectivity index (χ3n) is 5.25. The smallest absolute Gasteiger partial charge is 0.279 e. The monoisotopic (exact) mass is 392 g/mol. The molecular formula is C22H24N4O3. The number of fused-ring (bicyclic) bond motifs is 1. The fourth-order valence-electron chi connectivity index (χ4n) is 3.67. The van der Waals surface area contributed by atoms with E-state index in [2.05, 4.69) is 15.3 Å². The molecule has 150 valence electrons. The minimum Gasteiger partial charge on any atom is -0.497 e. The number of hydrogen-bond donors (Lipinski definition) is 1. The van der Waals surface area contributed by atoms with Crippen molar-refractivity contribution in [1.82, 2.24) is 20.0 Å². The maximum Gasteiger partial charge on any atom is 0.279 e. The van der Waals surface area contributed by atoms with Gasteiger partial charge in [0.2, 0.25) is 0 Å². The molecule has 1 amide bonds. The Kier molecular flexibility index (Phi) is 5.57. The molecule has 0 spiro atoms. The molecule has 1 aliphatic rings. The highest BCUT2D eigenvalue weighted by Gasteiger charge is 2.18. The fourth-order valence-corrected chi connectivity index (χ4v) is 3.67. The SMILES string of the molecule is COc1ccc(-n2nc(C(=O)NCCN3CCCC3)c3ccccc3c2=O)cc1. The quantitative estimate of drug-likeness (QED) is 0.696. The number of amides is 1. The first-order valence-corrected chi connectivity index (χ1v) is 9.84. The van der Waals surface area contributed by atoms with Crippen molar-refractivity contribution in [2.24, 2.45) is 0 Å². The lowest BCUT2D eigenvalue weighted by atomic mass is 10.1. The van der Waals surface area contributed by atoms with Gasteiger partial charge in [0.1, 0.15) is 5.75 Å². The molecule has 1 aliphatic heterocycles. The number of aromatic nitrogens is 2. The van der Waals surface area contributed by atoms with Crippen molar-refractivity contribution in [3.05, 3.63) is 64.6 Å². The Bertz CT molecular complexity index is 1070. The molecule has 2 heterocycles. The average Bonchev–Trinajstić information content (AvgIpc) is 3.28. The second-order valence-electron chi connectivity index (χ2n) is 7.11. The summed E-state index contributed by atoms with van der Waals surface area (Å²) in [5, 5.41) is 8.39. The van der Waals surface area contributed by atoms with Crippen molar-refractivity contribution in [2.75, 3.05) is 33.3 Å². The number of ether oxygens (including phenoxy) is 1. The molecule has 0 aliphatic carbocycles. The molecule has 0 radical (unpaired) electrons. The van der Waals surface area contributed by atoms with Gasteiger partial charge in [-0.2, -0.15) is 9.78 Å². The van der Waals surface area contributed by atoms with Crippen molar-refractivity contribution in [3.63, 3.8) is 0 Å². The number of benzene rings is 2. The van der Waals surface area contributed by atoms with E-state index in [1.54, 1.807) is 49.6 Å². The Labute approximate surface area is 168 Å². The van der Waals surface area contributed by atoms with Crippen LogP contribution in [0.1, 0.15) is 23.3 Å². The average molecular weight is 392 g/mol. The molecule has 0 unspecified atom stereocenters. The van der Waals surface area contributed by atoms with E-state index in [0.717, 1.165) is 19.6 Å². The minimum atomic E-state index is -0.275. The van der Waals surface area contributed by atoms with E-state index in [0.29, 0.717) is 28.8 Å². The number of rotatable bonds is 6. The van der Waals surface area contributed by atoms with E-state index in [4.69, 9.17) is 4.74 Å². The van der Waals surface area contributed by atoms with Crippen LogP contribution in [0.15, 0.2) is 53.3 Å². The van der Waals surface area contributed by atoms with Crippen LogP contribution in [0.4, 0.5) is 0 Å². The van der Waals surface area contributed by atoms with Gasteiger partial charge < -0.3 is 15.0 Å². The third-order valence-corrected chi connectivity index (χ3v) is 5.25. The van der Waals surface area contributed by atoms with Gasteiger partial charge in [-0.15, -0.1) is 0 Å². The van der Waals surface area contributed by atoms with E-state index < -0.39 is 0 Å². The second kappa shape index (κ2) is 8.45. The molecule has 1 saturated heterocycles. The molecule has 2 aromatic carbocycles. The summed E-state index contributed by atoms with van der Waals surface area (Å²) >= 11 is 0. The van der Waals surface area contributed by atoms with Gasteiger partial charge in [0.05, 0.1) is 18.2 Å². The van der Waals surface area contributed by atoms with Crippen LogP contribution < -0.4 is 15.6 Å². The molecule has 4 rings (SSSR count). The zero-order chi connectivity index (χ0) is 20.2. The Balaban J connectivity index is 1.67. The maximum absolute atomic E-state index is 13.0. The normalized spacial score (nSPS) is 14.2. The number of nitrogens with zero attached hydrogens (tertiary/aromatic N) is 3. The second-order valence-corrected chi connectivity index (χ2v) is 7.11. The first kappa shape index (κ1) is 19.1. The predicted molar refractivity (Wildman–Crippen MR) is 112 cm³/mol. The Morgan fingerprint density at radius 1 is 1.07 bits per heavy atom. The molecule has 0 bridgehead atoms. The highest BCUT2D eigenvalue weighted by atomic mass is 16.5. The van der Waals surface area contributed by atoms with Gasteiger partial charge in [-0.25, -0.2) is 0 Å². The number of carbonyl (C=O) groups excluding carboxylic acids is 1. The molecule has 7 nitrogen and oxygen atoms in total. The van der Waals surface area contributed by atoms with Gasteiger partial charge in [-0.1, -0.05) is 18.2 Å². The number of carbonyl (C=O) groups is 1. The van der Waals surface area contributed by atoms with E-state index in [-0.39, 0.29) is 17.2 Å². The van der Waals surface area contributed by atoms with Gasteiger partial charge in [-0.05, 0) is 56.3 Å². The van der Waals surface area contributed by atoms with Crippen molar-refractivity contribution in [1.29, 1.82) is 0 Å². The van der Waals surface area contributed by atoms with Crippen molar-refractivity contribution < 1.29 is 9.53 Å².